The van der Waals surface area contributed by atoms with E-state index in [0.717, 1.165) is 37.3 Å². The maximum absolute atomic E-state index is 14.4. The third-order valence-electron chi connectivity index (χ3n) is 4.02. The Morgan fingerprint density at radius 2 is 1.67 bits per heavy atom. The van der Waals surface area contributed by atoms with Crippen LogP contribution >= 0.6 is 11.6 Å². The zero-order valence-electron chi connectivity index (χ0n) is 15.9. The van der Waals surface area contributed by atoms with Crippen molar-refractivity contribution in [3.63, 3.8) is 0 Å². The van der Waals surface area contributed by atoms with E-state index >= 15 is 0 Å². The van der Waals surface area contributed by atoms with Crippen LogP contribution in [0.15, 0.2) is 48.7 Å². The highest BCUT2D eigenvalue weighted by atomic mass is 35.5. The van der Waals surface area contributed by atoms with Crippen LogP contribution in [0.1, 0.15) is 37.3 Å². The molecule has 2 nitrogen and oxygen atoms in total. The average molecular weight is 453 g/mol. The van der Waals surface area contributed by atoms with Crippen molar-refractivity contribution in [1.29, 1.82) is 0 Å². The quantitative estimate of drug-likeness (QED) is 0.219. The predicted octanol–water partition coefficient (Wildman–Crippen LogP) is 7.79. The molecule has 0 saturated carbocycles. The van der Waals surface area contributed by atoms with Crippen LogP contribution in [-0.2, 0) is 12.5 Å². The van der Waals surface area contributed by atoms with Crippen LogP contribution in [0.4, 0.5) is 26.3 Å². The molecule has 2 rings (SSSR count). The van der Waals surface area contributed by atoms with Crippen molar-refractivity contribution in [2.75, 3.05) is 0 Å². The molecule has 9 heteroatoms. The second-order valence-corrected chi connectivity index (χ2v) is 6.86. The van der Waals surface area contributed by atoms with Gasteiger partial charge in [-0.1, -0.05) is 43.5 Å². The first-order chi connectivity index (χ1) is 14.0. The molecule has 0 bridgehead atoms. The molecule has 0 aliphatic rings. The van der Waals surface area contributed by atoms with Crippen molar-refractivity contribution in [2.24, 2.45) is 0 Å². The molecule has 0 amide bonds. The molecule has 164 valence electrons. The summed E-state index contributed by atoms with van der Waals surface area (Å²) in [6.45, 7) is 2.06. The first-order valence-corrected chi connectivity index (χ1v) is 9.46. The van der Waals surface area contributed by atoms with Gasteiger partial charge in [0, 0.05) is 12.1 Å². The normalized spacial score (nSPS) is 12.4. The Bertz CT molecular complexity index is 840. The van der Waals surface area contributed by atoms with Crippen LogP contribution in [0.25, 0.3) is 0 Å². The Labute approximate surface area is 175 Å². The summed E-state index contributed by atoms with van der Waals surface area (Å²) >= 11 is 5.74. The number of aryl methyl sites for hydroxylation is 1. The summed E-state index contributed by atoms with van der Waals surface area (Å²) in [5.41, 5.74) is 0.470. The highest BCUT2D eigenvalue weighted by Crippen LogP contribution is 2.37. The van der Waals surface area contributed by atoms with E-state index in [2.05, 4.69) is 16.4 Å². The lowest BCUT2D eigenvalue weighted by atomic mass is 10.1. The van der Waals surface area contributed by atoms with E-state index in [1.807, 2.05) is 0 Å². The largest absolute Gasteiger partial charge is 0.460 e. The smallest absolute Gasteiger partial charge is 0.426 e. The van der Waals surface area contributed by atoms with Gasteiger partial charge in [0.15, 0.2) is 11.6 Å². The SMILES string of the molecule is CCCCCc1ccc(C(F)(F)Oc2cc(F)c(O/C=C/C(F)(F)F)c(Cl)c2)cc1. The Kier molecular flexibility index (Phi) is 8.06. The van der Waals surface area contributed by atoms with Gasteiger partial charge in [-0.2, -0.15) is 22.0 Å². The van der Waals surface area contributed by atoms with Gasteiger partial charge in [-0.25, -0.2) is 4.39 Å². The van der Waals surface area contributed by atoms with Crippen molar-refractivity contribution in [1.82, 2.24) is 0 Å². The molecule has 2 aromatic carbocycles. The maximum Gasteiger partial charge on any atom is 0.426 e. The molecule has 0 heterocycles. The molecule has 0 unspecified atom stereocenters. The van der Waals surface area contributed by atoms with Gasteiger partial charge in [-0.3, -0.25) is 0 Å². The second-order valence-electron chi connectivity index (χ2n) is 6.45. The average Bonchev–Trinajstić information content (AvgIpc) is 2.63. The third-order valence-corrected chi connectivity index (χ3v) is 4.30. The molecule has 0 fully saturated rings. The number of hydrogen-bond donors (Lipinski definition) is 0. The van der Waals surface area contributed by atoms with Crippen molar-refractivity contribution in [3.05, 3.63) is 70.7 Å². The molecule has 0 radical (unpaired) electrons. The van der Waals surface area contributed by atoms with Crippen molar-refractivity contribution in [3.8, 4) is 11.5 Å². The van der Waals surface area contributed by atoms with E-state index in [4.69, 9.17) is 11.6 Å². The Balaban J connectivity index is 2.11. The van der Waals surface area contributed by atoms with Crippen LogP contribution in [0.2, 0.25) is 5.02 Å². The zero-order valence-corrected chi connectivity index (χ0v) is 16.7. The van der Waals surface area contributed by atoms with E-state index in [1.165, 1.54) is 12.1 Å². The fourth-order valence-electron chi connectivity index (χ4n) is 2.54. The minimum Gasteiger partial charge on any atom is -0.460 e. The number of hydrogen-bond acceptors (Lipinski definition) is 2. The number of unbranched alkanes of at least 4 members (excludes halogenated alkanes) is 2. The molecule has 0 aliphatic carbocycles. The summed E-state index contributed by atoms with van der Waals surface area (Å²) in [7, 11) is 0. The van der Waals surface area contributed by atoms with E-state index in [9.17, 15) is 26.3 Å². The number of ether oxygens (including phenoxy) is 2. The summed E-state index contributed by atoms with van der Waals surface area (Å²) in [6.07, 6.45) is -4.71. The zero-order chi connectivity index (χ0) is 22.4. The number of rotatable bonds is 9. The lowest BCUT2D eigenvalue weighted by Gasteiger charge is -2.19. The second kappa shape index (κ2) is 10.1. The number of benzene rings is 2. The summed E-state index contributed by atoms with van der Waals surface area (Å²) in [6, 6.07) is 6.96. The van der Waals surface area contributed by atoms with Crippen LogP contribution in [0.5, 0.6) is 11.5 Å². The summed E-state index contributed by atoms with van der Waals surface area (Å²) in [4.78, 5) is 0. The van der Waals surface area contributed by atoms with E-state index in [1.54, 1.807) is 12.1 Å². The monoisotopic (exact) mass is 452 g/mol. The van der Waals surface area contributed by atoms with Crippen LogP contribution in [-0.4, -0.2) is 6.18 Å². The van der Waals surface area contributed by atoms with E-state index in [-0.39, 0.29) is 12.3 Å². The fourth-order valence-corrected chi connectivity index (χ4v) is 2.78. The van der Waals surface area contributed by atoms with Crippen molar-refractivity contribution < 1.29 is 35.8 Å². The molecule has 0 saturated heterocycles. The lowest BCUT2D eigenvalue weighted by Crippen LogP contribution is -2.22. The highest BCUT2D eigenvalue weighted by molar-refractivity contribution is 6.32. The minimum atomic E-state index is -4.67. The van der Waals surface area contributed by atoms with Crippen LogP contribution in [0, 0.1) is 5.82 Å². The summed E-state index contributed by atoms with van der Waals surface area (Å²) in [5, 5.41) is -0.529. The standard InChI is InChI=1S/C21H19ClF6O2/c1-2-3-4-5-14-6-8-15(9-7-14)21(27,28)30-16-12-17(22)19(18(23)13-16)29-11-10-20(24,25)26/h6-13H,2-5H2,1H3/b11-10+. The molecule has 0 aromatic heterocycles. The molecular formula is C21H19ClF6O2. The van der Waals surface area contributed by atoms with Gasteiger partial charge < -0.3 is 9.47 Å². The number of allylic oxidation sites excluding steroid dienone is 1. The molecule has 0 N–H and O–H groups in total. The van der Waals surface area contributed by atoms with Gasteiger partial charge in [0.25, 0.3) is 0 Å². The Hall–Kier alpha value is -2.35. The Morgan fingerprint density at radius 1 is 1.00 bits per heavy atom. The molecule has 0 aliphatic heterocycles. The van der Waals surface area contributed by atoms with Gasteiger partial charge in [-0.15, -0.1) is 0 Å². The van der Waals surface area contributed by atoms with Crippen LogP contribution < -0.4 is 9.47 Å². The minimum absolute atomic E-state index is 0.196. The number of alkyl halides is 5. The molecule has 0 atom stereocenters. The third kappa shape index (κ3) is 7.16. The Morgan fingerprint density at radius 3 is 2.23 bits per heavy atom. The summed E-state index contributed by atoms with van der Waals surface area (Å²) in [5.74, 6) is -2.61. The molecule has 0 spiro atoms. The van der Waals surface area contributed by atoms with Gasteiger partial charge in [0.1, 0.15) is 5.75 Å². The van der Waals surface area contributed by atoms with Gasteiger partial charge >= 0.3 is 12.3 Å². The van der Waals surface area contributed by atoms with Gasteiger partial charge in [0.2, 0.25) is 0 Å². The van der Waals surface area contributed by atoms with E-state index in [0.29, 0.717) is 6.07 Å². The van der Waals surface area contributed by atoms with Crippen LogP contribution in [0.3, 0.4) is 0 Å². The topological polar surface area (TPSA) is 18.5 Å². The highest BCUT2D eigenvalue weighted by Gasteiger charge is 2.35. The predicted molar refractivity (Wildman–Crippen MR) is 101 cm³/mol. The first kappa shape index (κ1) is 23.9. The van der Waals surface area contributed by atoms with Gasteiger partial charge in [0.05, 0.1) is 22.9 Å². The first-order valence-electron chi connectivity index (χ1n) is 9.08. The number of halogens is 7. The van der Waals surface area contributed by atoms with Crippen molar-refractivity contribution in [2.45, 2.75) is 44.9 Å². The molecule has 2 aromatic rings. The van der Waals surface area contributed by atoms with Gasteiger partial charge in [-0.05, 0) is 30.5 Å². The molecular weight excluding hydrogens is 434 g/mol. The summed E-state index contributed by atoms with van der Waals surface area (Å²) < 4.78 is 88.2. The maximum atomic E-state index is 14.4. The lowest BCUT2D eigenvalue weighted by molar-refractivity contribution is -0.185. The molecule has 30 heavy (non-hydrogen) atoms. The van der Waals surface area contributed by atoms with E-state index < -0.39 is 40.2 Å². The fraction of sp³-hybridized carbons (Fsp3) is 0.333. The van der Waals surface area contributed by atoms with Crippen molar-refractivity contribution >= 4 is 11.6 Å².